The Labute approximate surface area is 132 Å². The van der Waals surface area contributed by atoms with Crippen LogP contribution in [0, 0.1) is 0 Å². The van der Waals surface area contributed by atoms with Crippen molar-refractivity contribution < 1.29 is 4.79 Å². The van der Waals surface area contributed by atoms with Crippen LogP contribution in [0.15, 0.2) is 67.1 Å². The van der Waals surface area contributed by atoms with Gasteiger partial charge in [-0.3, -0.25) is 9.78 Å². The van der Waals surface area contributed by atoms with Gasteiger partial charge in [0.2, 0.25) is 0 Å². The zero-order valence-electron chi connectivity index (χ0n) is 11.5. The van der Waals surface area contributed by atoms with Crippen LogP contribution in [0.5, 0.6) is 0 Å². The van der Waals surface area contributed by atoms with Crippen molar-refractivity contribution in [2.45, 2.75) is 0 Å². The molecule has 1 N–H and O–H groups in total. The van der Waals surface area contributed by atoms with Gasteiger partial charge in [0.15, 0.2) is 5.15 Å². The number of amides is 1. The molecule has 0 spiro atoms. The first-order valence-corrected chi connectivity index (χ1v) is 7.04. The van der Waals surface area contributed by atoms with Crippen LogP contribution in [0.3, 0.4) is 0 Å². The Bertz CT molecular complexity index is 789. The van der Waals surface area contributed by atoms with Gasteiger partial charge in [-0.1, -0.05) is 29.8 Å². The summed E-state index contributed by atoms with van der Waals surface area (Å²) in [6.45, 7) is 0. The largest absolute Gasteiger partial charge is 0.319 e. The molecule has 22 heavy (non-hydrogen) atoms. The molecule has 4 nitrogen and oxygen atoms in total. The number of hydrogen-bond acceptors (Lipinski definition) is 3. The molecule has 2 heterocycles. The maximum atomic E-state index is 12.2. The van der Waals surface area contributed by atoms with Crippen LogP contribution in [0.4, 0.5) is 5.69 Å². The molecule has 1 amide bonds. The lowest BCUT2D eigenvalue weighted by atomic mass is 10.1. The molecule has 1 aromatic carbocycles. The standard InChI is InChI=1S/C17H12ClN3O/c18-16-15(4-2-10-20-16)21-17(22)13-7-5-12(6-8-13)14-3-1-9-19-11-14/h1-11H,(H,21,22). The first kappa shape index (κ1) is 14.2. The number of rotatable bonds is 3. The fraction of sp³-hybridized carbons (Fsp3) is 0. The van der Waals surface area contributed by atoms with Crippen molar-refractivity contribution >= 4 is 23.2 Å². The number of hydrogen-bond donors (Lipinski definition) is 1. The predicted molar refractivity (Wildman–Crippen MR) is 86.9 cm³/mol. The molecule has 108 valence electrons. The number of carbonyl (C=O) groups excluding carboxylic acids is 1. The monoisotopic (exact) mass is 309 g/mol. The van der Waals surface area contributed by atoms with E-state index in [2.05, 4.69) is 15.3 Å². The van der Waals surface area contributed by atoms with Crippen LogP contribution < -0.4 is 5.32 Å². The minimum absolute atomic E-state index is 0.229. The number of halogens is 1. The molecule has 0 saturated heterocycles. The van der Waals surface area contributed by atoms with Crippen molar-refractivity contribution in [1.29, 1.82) is 0 Å². The van der Waals surface area contributed by atoms with Crippen LogP contribution in [-0.2, 0) is 0 Å². The highest BCUT2D eigenvalue weighted by atomic mass is 35.5. The minimum atomic E-state index is -0.229. The van der Waals surface area contributed by atoms with E-state index in [4.69, 9.17) is 11.6 Å². The second-order valence-corrected chi connectivity index (χ2v) is 4.97. The van der Waals surface area contributed by atoms with E-state index in [0.717, 1.165) is 11.1 Å². The molecule has 0 radical (unpaired) electrons. The van der Waals surface area contributed by atoms with Gasteiger partial charge in [-0.05, 0) is 41.5 Å². The molecule has 0 aliphatic carbocycles. The minimum Gasteiger partial charge on any atom is -0.319 e. The zero-order chi connectivity index (χ0) is 15.4. The van der Waals surface area contributed by atoms with Crippen LogP contribution in [0.1, 0.15) is 10.4 Å². The van der Waals surface area contributed by atoms with Crippen molar-refractivity contribution in [3.8, 4) is 11.1 Å². The molecule has 0 bridgehead atoms. The number of nitrogens with one attached hydrogen (secondary N) is 1. The van der Waals surface area contributed by atoms with Crippen LogP contribution in [-0.4, -0.2) is 15.9 Å². The van der Waals surface area contributed by atoms with Crippen molar-refractivity contribution in [2.24, 2.45) is 0 Å². The maximum Gasteiger partial charge on any atom is 0.255 e. The van der Waals surface area contributed by atoms with E-state index in [1.54, 1.807) is 42.9 Å². The second kappa shape index (κ2) is 6.37. The summed E-state index contributed by atoms with van der Waals surface area (Å²) in [6.07, 6.45) is 5.08. The number of benzene rings is 1. The van der Waals surface area contributed by atoms with E-state index in [0.29, 0.717) is 11.3 Å². The summed E-state index contributed by atoms with van der Waals surface area (Å²) < 4.78 is 0. The molecule has 2 aromatic heterocycles. The number of anilines is 1. The van der Waals surface area contributed by atoms with Gasteiger partial charge in [-0.25, -0.2) is 4.98 Å². The normalized spacial score (nSPS) is 10.2. The Balaban J connectivity index is 1.78. The molecule has 3 aromatic rings. The van der Waals surface area contributed by atoms with E-state index in [1.165, 1.54) is 0 Å². The highest BCUT2D eigenvalue weighted by Gasteiger charge is 2.09. The number of nitrogens with zero attached hydrogens (tertiary/aromatic N) is 2. The highest BCUT2D eigenvalue weighted by molar-refractivity contribution is 6.32. The molecular weight excluding hydrogens is 298 g/mol. The van der Waals surface area contributed by atoms with Gasteiger partial charge in [0.25, 0.3) is 5.91 Å². The van der Waals surface area contributed by atoms with Gasteiger partial charge in [0, 0.05) is 24.2 Å². The molecule has 0 atom stereocenters. The van der Waals surface area contributed by atoms with Crippen molar-refractivity contribution in [2.75, 3.05) is 5.32 Å². The van der Waals surface area contributed by atoms with Gasteiger partial charge >= 0.3 is 0 Å². The number of carbonyl (C=O) groups is 1. The van der Waals surface area contributed by atoms with Crippen molar-refractivity contribution in [3.63, 3.8) is 0 Å². The third-order valence-corrected chi connectivity index (χ3v) is 3.45. The number of aromatic nitrogens is 2. The fourth-order valence-electron chi connectivity index (χ4n) is 2.02. The van der Waals surface area contributed by atoms with Gasteiger partial charge in [0.05, 0.1) is 5.69 Å². The molecule has 0 fully saturated rings. The van der Waals surface area contributed by atoms with E-state index < -0.39 is 0 Å². The highest BCUT2D eigenvalue weighted by Crippen LogP contribution is 2.21. The summed E-state index contributed by atoms with van der Waals surface area (Å²) in [4.78, 5) is 20.2. The fourth-order valence-corrected chi connectivity index (χ4v) is 2.19. The van der Waals surface area contributed by atoms with Crippen LogP contribution >= 0.6 is 11.6 Å². The Kier molecular flexibility index (Phi) is 4.12. The van der Waals surface area contributed by atoms with Gasteiger partial charge in [-0.15, -0.1) is 0 Å². The summed E-state index contributed by atoms with van der Waals surface area (Å²) in [7, 11) is 0. The van der Waals surface area contributed by atoms with Gasteiger partial charge in [0.1, 0.15) is 0 Å². The molecule has 0 aliphatic rings. The average Bonchev–Trinajstić information content (AvgIpc) is 2.58. The number of pyridine rings is 2. The smallest absolute Gasteiger partial charge is 0.255 e. The quantitative estimate of drug-likeness (QED) is 0.743. The lowest BCUT2D eigenvalue weighted by Gasteiger charge is -2.07. The van der Waals surface area contributed by atoms with Crippen LogP contribution in [0.25, 0.3) is 11.1 Å². The molecule has 0 aliphatic heterocycles. The van der Waals surface area contributed by atoms with E-state index >= 15 is 0 Å². The molecule has 3 rings (SSSR count). The third kappa shape index (κ3) is 3.13. The first-order valence-electron chi connectivity index (χ1n) is 6.66. The van der Waals surface area contributed by atoms with Crippen molar-refractivity contribution in [3.05, 3.63) is 77.8 Å². The van der Waals surface area contributed by atoms with E-state index in [-0.39, 0.29) is 11.1 Å². The summed E-state index contributed by atoms with van der Waals surface area (Å²) >= 11 is 5.93. The zero-order valence-corrected chi connectivity index (χ0v) is 12.3. The topological polar surface area (TPSA) is 54.9 Å². The summed E-state index contributed by atoms with van der Waals surface area (Å²) in [6, 6.07) is 14.6. The molecule has 0 saturated carbocycles. The van der Waals surface area contributed by atoms with Gasteiger partial charge in [-0.2, -0.15) is 0 Å². The maximum absolute atomic E-state index is 12.2. The van der Waals surface area contributed by atoms with E-state index in [1.807, 2.05) is 24.3 Å². The Morgan fingerprint density at radius 3 is 2.41 bits per heavy atom. The molecule has 5 heteroatoms. The lowest BCUT2D eigenvalue weighted by Crippen LogP contribution is -2.12. The van der Waals surface area contributed by atoms with Crippen molar-refractivity contribution in [1.82, 2.24) is 9.97 Å². The molecule has 0 unspecified atom stereocenters. The Morgan fingerprint density at radius 1 is 0.955 bits per heavy atom. The third-order valence-electron chi connectivity index (χ3n) is 3.15. The Hall–Kier alpha value is -2.72. The summed E-state index contributed by atoms with van der Waals surface area (Å²) in [5.41, 5.74) is 3.05. The lowest BCUT2D eigenvalue weighted by molar-refractivity contribution is 0.102. The van der Waals surface area contributed by atoms with Gasteiger partial charge < -0.3 is 5.32 Å². The predicted octanol–water partition coefficient (Wildman–Crippen LogP) is 4.05. The van der Waals surface area contributed by atoms with Crippen LogP contribution in [0.2, 0.25) is 5.15 Å². The summed E-state index contributed by atoms with van der Waals surface area (Å²) in [5, 5.41) is 3.01. The van der Waals surface area contributed by atoms with E-state index in [9.17, 15) is 4.79 Å². The SMILES string of the molecule is O=C(Nc1cccnc1Cl)c1ccc(-c2cccnc2)cc1. The first-order chi connectivity index (χ1) is 10.7. The second-order valence-electron chi connectivity index (χ2n) is 4.61. The average molecular weight is 310 g/mol. The molecular formula is C17H12ClN3O. The summed E-state index contributed by atoms with van der Waals surface area (Å²) in [5.74, 6) is -0.229. The Morgan fingerprint density at radius 2 is 1.73 bits per heavy atom.